The largest absolute Gasteiger partial charge is 0.501 e. The van der Waals surface area contributed by atoms with Gasteiger partial charge in [0.1, 0.15) is 25.9 Å². The Morgan fingerprint density at radius 3 is 1.07 bits per heavy atom. The van der Waals surface area contributed by atoms with E-state index < -0.39 is 65.5 Å². The first-order chi connectivity index (χ1) is 38.3. The van der Waals surface area contributed by atoms with Crippen LogP contribution in [0, 0.1) is 11.5 Å². The van der Waals surface area contributed by atoms with E-state index in [1.165, 1.54) is 0 Å². The molecule has 0 spiro atoms. The van der Waals surface area contributed by atoms with Gasteiger partial charge in [-0.3, -0.25) is 0 Å². The zero-order chi connectivity index (χ0) is 61.0. The number of esters is 2. The first-order valence-electron chi connectivity index (χ1n) is 28.4. The number of hydrogen-bond donors (Lipinski definition) is 2. The lowest BCUT2D eigenvalue weighted by molar-refractivity contribution is -0.143. The second-order valence-corrected chi connectivity index (χ2v) is 27.7. The third kappa shape index (κ3) is 41.3. The number of nitrogens with zero attached hydrogens (tertiary/aromatic N) is 1. The van der Waals surface area contributed by atoms with Crippen molar-refractivity contribution in [3.8, 4) is 6.26 Å². The van der Waals surface area contributed by atoms with Gasteiger partial charge in [0.05, 0.1) is 13.2 Å². The van der Waals surface area contributed by atoms with Crippen LogP contribution in [0.2, 0.25) is 24.2 Å². The monoisotopic (exact) mass is 1220 g/mol. The molecular formula is C52H106N2O22Si4. The summed E-state index contributed by atoms with van der Waals surface area (Å²) in [6.07, 6.45) is 1.95. The highest BCUT2D eigenvalue weighted by Gasteiger charge is 2.42. The molecule has 472 valence electrons. The van der Waals surface area contributed by atoms with Gasteiger partial charge in [-0.05, 0) is 123 Å². The van der Waals surface area contributed by atoms with Crippen LogP contribution in [0.1, 0.15) is 123 Å². The van der Waals surface area contributed by atoms with E-state index in [0.717, 1.165) is 0 Å². The minimum absolute atomic E-state index is 0.0401. The van der Waals surface area contributed by atoms with Crippen LogP contribution in [-0.2, 0) is 91.1 Å². The SMILES string of the molecule is C=C(C)C(=O)OCC(COCCC[Si](OCC)(OCC)OCC)OC(=O)NCCC[Si](OCC)(OCC)OCC.C=C(C)C(=O)OCC(O)COCCC[Si](OCC)(OCC)OCC.CCO[Si](CCCOC#N)(OCC)OCC. The topological polar surface area (TPSA) is 273 Å². The fourth-order valence-corrected chi connectivity index (χ4v) is 17.4. The van der Waals surface area contributed by atoms with Crippen LogP contribution in [-0.4, -0.2) is 203 Å². The van der Waals surface area contributed by atoms with Crippen LogP contribution in [0.3, 0.4) is 0 Å². The van der Waals surface area contributed by atoms with Crippen molar-refractivity contribution in [1.29, 1.82) is 5.26 Å². The van der Waals surface area contributed by atoms with Crippen LogP contribution >= 0.6 is 0 Å². The van der Waals surface area contributed by atoms with E-state index in [1.807, 2.05) is 83.1 Å². The van der Waals surface area contributed by atoms with Gasteiger partial charge in [-0.15, -0.1) is 0 Å². The summed E-state index contributed by atoms with van der Waals surface area (Å²) in [4.78, 5) is 35.6. The Balaban J connectivity index is -0.00000125. The molecule has 2 N–H and O–H groups in total. The van der Waals surface area contributed by atoms with Crippen molar-refractivity contribution in [1.82, 2.24) is 5.32 Å². The van der Waals surface area contributed by atoms with E-state index in [-0.39, 0.29) is 32.0 Å². The van der Waals surface area contributed by atoms with Gasteiger partial charge in [0, 0.05) is 134 Å². The van der Waals surface area contributed by atoms with Crippen LogP contribution in [0.4, 0.5) is 4.79 Å². The highest BCUT2D eigenvalue weighted by atomic mass is 28.4. The zero-order valence-electron chi connectivity index (χ0n) is 51.3. The summed E-state index contributed by atoms with van der Waals surface area (Å²) in [5, 5.41) is 20.7. The van der Waals surface area contributed by atoms with E-state index in [4.69, 9.17) is 82.1 Å². The lowest BCUT2D eigenvalue weighted by Crippen LogP contribution is -2.46. The number of carbonyl (C=O) groups is 3. The van der Waals surface area contributed by atoms with Crippen molar-refractivity contribution in [3.05, 3.63) is 24.3 Å². The smallest absolute Gasteiger partial charge is 0.460 e. The Kier molecular flexibility index (Phi) is 54.0. The van der Waals surface area contributed by atoms with Gasteiger partial charge >= 0.3 is 53.2 Å². The van der Waals surface area contributed by atoms with Crippen molar-refractivity contribution in [2.45, 2.75) is 159 Å². The summed E-state index contributed by atoms with van der Waals surface area (Å²) in [6, 6.07) is 2.49. The summed E-state index contributed by atoms with van der Waals surface area (Å²) >= 11 is 0. The summed E-state index contributed by atoms with van der Waals surface area (Å²) in [7, 11) is -10.7. The maximum Gasteiger partial charge on any atom is 0.501 e. The maximum absolute atomic E-state index is 12.5. The Morgan fingerprint density at radius 1 is 0.463 bits per heavy atom. The van der Waals surface area contributed by atoms with Gasteiger partial charge in [0.25, 0.3) is 6.26 Å². The first kappa shape index (κ1) is 81.5. The van der Waals surface area contributed by atoms with E-state index in [0.29, 0.717) is 161 Å². The molecule has 0 fully saturated rings. The molecule has 0 heterocycles. The molecule has 0 bridgehead atoms. The molecule has 0 saturated heterocycles. The number of amides is 1. The first-order valence-corrected chi connectivity index (χ1v) is 36.2. The summed E-state index contributed by atoms with van der Waals surface area (Å²) in [5.41, 5.74) is 0.547. The van der Waals surface area contributed by atoms with Gasteiger partial charge in [-0.25, -0.2) is 14.4 Å². The number of nitrogens with one attached hydrogen (secondary N) is 1. The Hall–Kier alpha value is -2.75. The molecule has 28 heteroatoms. The molecule has 1 amide bonds. The van der Waals surface area contributed by atoms with E-state index in [2.05, 4.69) is 23.2 Å². The van der Waals surface area contributed by atoms with Crippen molar-refractivity contribution in [3.63, 3.8) is 0 Å². The van der Waals surface area contributed by atoms with Crippen molar-refractivity contribution < 1.29 is 101 Å². The van der Waals surface area contributed by atoms with Gasteiger partial charge < -0.3 is 92.0 Å². The van der Waals surface area contributed by atoms with E-state index in [9.17, 15) is 19.5 Å². The lowest BCUT2D eigenvalue weighted by atomic mass is 10.3. The molecule has 2 unspecified atom stereocenters. The molecule has 0 rings (SSSR count). The summed E-state index contributed by atoms with van der Waals surface area (Å²) in [5.74, 6) is -1.09. The Morgan fingerprint density at radius 2 is 0.762 bits per heavy atom. The molecule has 0 aromatic heterocycles. The minimum Gasteiger partial charge on any atom is -0.460 e. The van der Waals surface area contributed by atoms with Gasteiger partial charge in [-0.1, -0.05) is 13.2 Å². The molecule has 0 aliphatic heterocycles. The average Bonchev–Trinajstić information content (AvgIpc) is 3.40. The summed E-state index contributed by atoms with van der Waals surface area (Å²) < 4.78 is 101. The molecule has 80 heavy (non-hydrogen) atoms. The molecule has 0 saturated carbocycles. The fraction of sp³-hybridized carbons (Fsp3) is 0.846. The number of aliphatic hydroxyl groups is 1. The number of carbonyl (C=O) groups excluding carboxylic acids is 3. The van der Waals surface area contributed by atoms with Crippen molar-refractivity contribution >= 4 is 53.2 Å². The molecule has 0 aliphatic carbocycles. The Labute approximate surface area is 484 Å². The lowest BCUT2D eigenvalue weighted by Gasteiger charge is -2.28. The number of alkyl carbamates (subject to hydrolysis) is 1. The second-order valence-electron chi connectivity index (χ2n) is 16.8. The van der Waals surface area contributed by atoms with Gasteiger partial charge in [0.2, 0.25) is 0 Å². The number of ether oxygens (including phenoxy) is 6. The van der Waals surface area contributed by atoms with E-state index in [1.54, 1.807) is 20.1 Å². The minimum atomic E-state index is -2.79. The highest BCUT2D eigenvalue weighted by molar-refractivity contribution is 6.61. The standard InChI is InChI=1S/C26H53NO11Si2.C16H32O7Si.C10H21NO4Si/c1-9-32-39(33-10-2,34-11-3)19-15-17-27-26(29)38-24(22-31-25(28)23(7)8)21-30-18-16-20-40(35-12-4,36-13-5)37-14-6;1-6-21-24(22-7-2,23-8-3)11-9-10-19-12-15(17)13-20-16(18)14(4)5;1-4-13-16(14-5-2,15-6-3)9-7-8-12-10-11/h24H,7,9-22H2,1-6,8H3,(H,27,29);15,17H,4,6-13H2,1-3,5H3;4-9H2,1-3H3. The van der Waals surface area contributed by atoms with Crippen LogP contribution in [0.15, 0.2) is 24.3 Å². The quantitative estimate of drug-likeness (QED) is 0.0146. The van der Waals surface area contributed by atoms with Crippen LogP contribution < -0.4 is 5.32 Å². The maximum atomic E-state index is 12.5. The number of hydrogen-bond acceptors (Lipinski definition) is 23. The van der Waals surface area contributed by atoms with E-state index >= 15 is 0 Å². The molecule has 0 aromatic rings. The highest BCUT2D eigenvalue weighted by Crippen LogP contribution is 2.21. The van der Waals surface area contributed by atoms with Crippen LogP contribution in [0.5, 0.6) is 0 Å². The third-order valence-electron chi connectivity index (χ3n) is 10.0. The van der Waals surface area contributed by atoms with Crippen LogP contribution in [0.25, 0.3) is 0 Å². The fourth-order valence-electron chi connectivity index (χ4n) is 7.07. The molecule has 24 nitrogen and oxygen atoms in total. The molecule has 2 atom stereocenters. The Bertz CT molecular complexity index is 1540. The van der Waals surface area contributed by atoms with Gasteiger partial charge in [0.15, 0.2) is 6.10 Å². The third-order valence-corrected chi connectivity index (χ3v) is 22.6. The normalized spacial score (nSPS) is 12.4. The predicted octanol–water partition coefficient (Wildman–Crippen LogP) is 7.94. The van der Waals surface area contributed by atoms with Gasteiger partial charge in [-0.2, -0.15) is 5.26 Å². The van der Waals surface area contributed by atoms with Crippen molar-refractivity contribution in [2.24, 2.45) is 0 Å². The predicted molar refractivity (Wildman–Crippen MR) is 309 cm³/mol. The molecule has 0 aromatic carbocycles. The molecular weight excluding hydrogens is 1120 g/mol. The number of nitriles is 1. The molecule has 0 radical (unpaired) electrons. The number of aliphatic hydroxyl groups excluding tert-OH is 1. The second kappa shape index (κ2) is 53.0. The summed E-state index contributed by atoms with van der Waals surface area (Å²) in [6.45, 7) is 40.7. The zero-order valence-corrected chi connectivity index (χ0v) is 55.3. The van der Waals surface area contributed by atoms with Crippen molar-refractivity contribution in [2.75, 3.05) is 132 Å². The number of rotatable bonds is 51. The molecule has 0 aliphatic rings. The average molecular weight is 1220 g/mol.